The zero-order valence-corrected chi connectivity index (χ0v) is 13.0. The molecule has 118 valence electrons. The van der Waals surface area contributed by atoms with E-state index in [0.717, 1.165) is 5.56 Å². The van der Waals surface area contributed by atoms with Gasteiger partial charge in [0.1, 0.15) is 11.2 Å². The molecule has 0 aliphatic carbocycles. The molecule has 0 fully saturated rings. The van der Waals surface area contributed by atoms with Gasteiger partial charge in [-0.2, -0.15) is 0 Å². The van der Waals surface area contributed by atoms with Crippen molar-refractivity contribution in [1.29, 1.82) is 0 Å². The molecule has 0 amide bonds. The predicted molar refractivity (Wildman–Crippen MR) is 84.8 cm³/mol. The summed E-state index contributed by atoms with van der Waals surface area (Å²) in [5.41, 5.74) is 1.96. The van der Waals surface area contributed by atoms with Crippen LogP contribution in [-0.2, 0) is 0 Å². The summed E-state index contributed by atoms with van der Waals surface area (Å²) in [5, 5.41) is 13.7. The monoisotopic (exact) mass is 312 g/mol. The molecule has 0 atom stereocenters. The lowest BCUT2D eigenvalue weighted by atomic mass is 10.0. The van der Waals surface area contributed by atoms with Crippen LogP contribution in [-0.4, -0.2) is 30.7 Å². The topological polar surface area (TPSA) is 100 Å². The number of carbonyl (C=O) groups is 1. The Morgan fingerprint density at radius 3 is 2.65 bits per heavy atom. The van der Waals surface area contributed by atoms with Crippen molar-refractivity contribution < 1.29 is 9.90 Å². The van der Waals surface area contributed by atoms with Gasteiger partial charge in [0.05, 0.1) is 5.56 Å². The van der Waals surface area contributed by atoms with Crippen LogP contribution in [0.3, 0.4) is 0 Å². The first-order valence-corrected chi connectivity index (χ1v) is 7.20. The zero-order valence-electron chi connectivity index (χ0n) is 13.0. The summed E-state index contributed by atoms with van der Waals surface area (Å²) in [5.74, 6) is -0.893. The van der Waals surface area contributed by atoms with E-state index in [9.17, 15) is 14.7 Å². The molecule has 0 radical (unpaired) electrons. The van der Waals surface area contributed by atoms with Crippen molar-refractivity contribution in [2.45, 2.75) is 26.7 Å². The molecular weight excluding hydrogens is 296 g/mol. The average Bonchev–Trinajstić information content (AvgIpc) is 2.88. The molecule has 0 bridgehead atoms. The highest BCUT2D eigenvalue weighted by molar-refractivity contribution is 5.92. The van der Waals surface area contributed by atoms with E-state index in [2.05, 4.69) is 15.1 Å². The third-order valence-corrected chi connectivity index (χ3v) is 3.64. The summed E-state index contributed by atoms with van der Waals surface area (Å²) in [6.07, 6.45) is 3.05. The van der Waals surface area contributed by atoms with Gasteiger partial charge in [-0.05, 0) is 24.5 Å². The summed E-state index contributed by atoms with van der Waals surface area (Å²) in [6, 6.07) is 3.62. The van der Waals surface area contributed by atoms with Gasteiger partial charge in [-0.1, -0.05) is 19.9 Å². The van der Waals surface area contributed by atoms with Crippen LogP contribution in [0, 0.1) is 6.92 Å². The van der Waals surface area contributed by atoms with Crippen LogP contribution in [0.2, 0.25) is 0 Å². The van der Waals surface area contributed by atoms with E-state index < -0.39 is 5.97 Å². The molecule has 3 heterocycles. The maximum Gasteiger partial charge on any atom is 0.337 e. The lowest BCUT2D eigenvalue weighted by molar-refractivity contribution is 0.0695. The van der Waals surface area contributed by atoms with E-state index in [1.165, 1.54) is 10.7 Å². The number of hydrogen-bond acceptors (Lipinski definition) is 4. The number of carboxylic acid groups (broad SMARTS) is 1. The maximum absolute atomic E-state index is 12.5. The van der Waals surface area contributed by atoms with E-state index in [-0.39, 0.29) is 22.6 Å². The zero-order chi connectivity index (χ0) is 16.7. The Kier molecular flexibility index (Phi) is 3.48. The standard InChI is InChI=1S/C16H16N4O3/c1-8(2)12-10(16(22)23)7-20-13(12)15(21)18-14(19-20)11-5-4-9(3)6-17-11/h4-8H,1-3H3,(H,22,23)(H,18,19,21). The number of H-pyrrole nitrogens is 1. The quantitative estimate of drug-likeness (QED) is 0.772. The number of nitrogens with one attached hydrogen (secondary N) is 1. The number of fused-ring (bicyclic) bond motifs is 1. The second kappa shape index (κ2) is 5.35. The first-order chi connectivity index (χ1) is 10.9. The van der Waals surface area contributed by atoms with Gasteiger partial charge in [0.2, 0.25) is 0 Å². The summed E-state index contributed by atoms with van der Waals surface area (Å²) in [6.45, 7) is 5.60. The molecule has 0 saturated heterocycles. The van der Waals surface area contributed by atoms with Crippen molar-refractivity contribution in [2.24, 2.45) is 0 Å². The molecule has 3 aromatic heterocycles. The molecule has 2 N–H and O–H groups in total. The fourth-order valence-corrected chi connectivity index (χ4v) is 2.59. The SMILES string of the molecule is Cc1ccc(-c2nn3cc(C(=O)O)c(C(C)C)c3c(=O)[nH]2)nc1. The number of aryl methyl sites for hydroxylation is 1. The van der Waals surface area contributed by atoms with Crippen molar-refractivity contribution in [3.8, 4) is 11.5 Å². The van der Waals surface area contributed by atoms with Crippen LogP contribution in [0.4, 0.5) is 0 Å². The molecule has 0 saturated carbocycles. The van der Waals surface area contributed by atoms with Crippen molar-refractivity contribution in [3.05, 3.63) is 51.6 Å². The number of aromatic amines is 1. The molecule has 0 aliphatic rings. The number of aromatic carboxylic acids is 1. The average molecular weight is 312 g/mol. The van der Waals surface area contributed by atoms with Crippen LogP contribution in [0.25, 0.3) is 17.0 Å². The summed E-state index contributed by atoms with van der Waals surface area (Å²) < 4.78 is 1.33. The van der Waals surface area contributed by atoms with E-state index in [1.807, 2.05) is 26.8 Å². The van der Waals surface area contributed by atoms with Crippen molar-refractivity contribution in [1.82, 2.24) is 19.6 Å². The lowest BCUT2D eigenvalue weighted by Crippen LogP contribution is -2.15. The Morgan fingerprint density at radius 2 is 2.09 bits per heavy atom. The number of carboxylic acids is 1. The third kappa shape index (κ3) is 2.50. The van der Waals surface area contributed by atoms with Crippen molar-refractivity contribution in [2.75, 3.05) is 0 Å². The number of nitrogens with zero attached hydrogens (tertiary/aromatic N) is 3. The van der Waals surface area contributed by atoms with Gasteiger partial charge in [-0.3, -0.25) is 9.78 Å². The Morgan fingerprint density at radius 1 is 1.35 bits per heavy atom. The molecule has 7 heteroatoms. The largest absolute Gasteiger partial charge is 0.478 e. The number of hydrogen-bond donors (Lipinski definition) is 2. The molecular formula is C16H16N4O3. The molecule has 0 spiro atoms. The van der Waals surface area contributed by atoms with Crippen LogP contribution >= 0.6 is 0 Å². The Hall–Kier alpha value is -2.96. The highest BCUT2D eigenvalue weighted by atomic mass is 16.4. The first-order valence-electron chi connectivity index (χ1n) is 7.20. The second-order valence-corrected chi connectivity index (χ2v) is 5.73. The molecule has 0 aromatic carbocycles. The Labute approximate surface area is 131 Å². The van der Waals surface area contributed by atoms with Gasteiger partial charge in [0.25, 0.3) is 5.56 Å². The van der Waals surface area contributed by atoms with Gasteiger partial charge in [-0.25, -0.2) is 9.31 Å². The van der Waals surface area contributed by atoms with E-state index >= 15 is 0 Å². The second-order valence-electron chi connectivity index (χ2n) is 5.73. The number of rotatable bonds is 3. The molecule has 7 nitrogen and oxygen atoms in total. The highest BCUT2D eigenvalue weighted by Gasteiger charge is 2.22. The van der Waals surface area contributed by atoms with Gasteiger partial charge in [0.15, 0.2) is 5.82 Å². The van der Waals surface area contributed by atoms with Crippen molar-refractivity contribution in [3.63, 3.8) is 0 Å². The number of aromatic nitrogens is 4. The van der Waals surface area contributed by atoms with Crippen LogP contribution < -0.4 is 5.56 Å². The fourth-order valence-electron chi connectivity index (χ4n) is 2.59. The summed E-state index contributed by atoms with van der Waals surface area (Å²) in [4.78, 5) is 30.8. The van der Waals surface area contributed by atoms with Crippen molar-refractivity contribution >= 4 is 11.5 Å². The van der Waals surface area contributed by atoms with Gasteiger partial charge < -0.3 is 10.1 Å². The van der Waals surface area contributed by atoms with Gasteiger partial charge >= 0.3 is 5.97 Å². The predicted octanol–water partition coefficient (Wildman–Crippen LogP) is 2.21. The van der Waals surface area contributed by atoms with Crippen LogP contribution in [0.15, 0.2) is 29.3 Å². The Balaban J connectivity index is 2.29. The molecule has 3 aromatic rings. The van der Waals surface area contributed by atoms with E-state index in [0.29, 0.717) is 17.1 Å². The lowest BCUT2D eigenvalue weighted by Gasteiger charge is -2.06. The van der Waals surface area contributed by atoms with E-state index in [1.54, 1.807) is 12.3 Å². The summed E-state index contributed by atoms with van der Waals surface area (Å²) in [7, 11) is 0. The fraction of sp³-hybridized carbons (Fsp3) is 0.250. The van der Waals surface area contributed by atoms with Crippen LogP contribution in [0.5, 0.6) is 0 Å². The van der Waals surface area contributed by atoms with E-state index in [4.69, 9.17) is 0 Å². The minimum absolute atomic E-state index is 0.0898. The number of pyridine rings is 1. The molecule has 23 heavy (non-hydrogen) atoms. The van der Waals surface area contributed by atoms with Crippen LogP contribution in [0.1, 0.15) is 41.3 Å². The Bertz CT molecular complexity index is 952. The minimum atomic E-state index is -1.08. The molecule has 3 rings (SSSR count). The highest BCUT2D eigenvalue weighted by Crippen LogP contribution is 2.24. The molecule has 0 unspecified atom stereocenters. The minimum Gasteiger partial charge on any atom is -0.478 e. The van der Waals surface area contributed by atoms with Gasteiger partial charge in [0, 0.05) is 18.0 Å². The summed E-state index contributed by atoms with van der Waals surface area (Å²) >= 11 is 0. The first kappa shape index (κ1) is 15.0. The van der Waals surface area contributed by atoms with Gasteiger partial charge in [-0.15, -0.1) is 5.10 Å². The smallest absolute Gasteiger partial charge is 0.337 e. The maximum atomic E-state index is 12.5. The molecule has 0 aliphatic heterocycles. The third-order valence-electron chi connectivity index (χ3n) is 3.64. The normalized spacial score (nSPS) is 11.3.